The lowest BCUT2D eigenvalue weighted by molar-refractivity contribution is -0.151. The second-order valence-electron chi connectivity index (χ2n) is 16.0. The molecule has 2 aromatic rings. The van der Waals surface area contributed by atoms with Crippen molar-refractivity contribution in [1.82, 2.24) is 31.0 Å². The second-order valence-corrected chi connectivity index (χ2v) is 17.4. The maximum Gasteiger partial charge on any atom is 0.493 e. The Balaban J connectivity index is 1.58. The average molecular weight is 927 g/mol. The fraction of sp³-hybridized carbons (Fsp3) is 0.615. The number of aliphatic hydroxyl groups excluding tert-OH is 2. The zero-order valence-electron chi connectivity index (χ0n) is 36.6. The van der Waals surface area contributed by atoms with Crippen LogP contribution in [0.2, 0.25) is 0 Å². The number of hydrogen-bond donors (Lipinski definition) is 10. The van der Waals surface area contributed by atoms with E-state index in [1.807, 2.05) is 18.5 Å². The van der Waals surface area contributed by atoms with Crippen LogP contribution in [0.1, 0.15) is 84.9 Å². The summed E-state index contributed by atoms with van der Waals surface area (Å²) in [7, 11) is -4.94. The summed E-state index contributed by atoms with van der Waals surface area (Å²) in [5, 5.41) is 28.8. The minimum absolute atomic E-state index is 0.0186. The lowest BCUT2D eigenvalue weighted by Gasteiger charge is -2.26. The molecule has 0 spiro atoms. The van der Waals surface area contributed by atoms with Crippen molar-refractivity contribution in [3.05, 3.63) is 58.6 Å². The van der Waals surface area contributed by atoms with Crippen LogP contribution in [0.15, 0.2) is 52.4 Å². The van der Waals surface area contributed by atoms with Crippen molar-refractivity contribution in [1.29, 1.82) is 0 Å². The molecule has 24 nitrogen and oxygen atoms in total. The van der Waals surface area contributed by atoms with Crippen molar-refractivity contribution in [3.63, 3.8) is 0 Å². The highest BCUT2D eigenvalue weighted by Gasteiger charge is 2.45. The number of nitrogens with zero attached hydrogens (tertiary/aromatic N) is 3. The Morgan fingerprint density at radius 1 is 1.03 bits per heavy atom. The first-order chi connectivity index (χ1) is 30.1. The molecule has 64 heavy (non-hydrogen) atoms. The highest BCUT2D eigenvalue weighted by molar-refractivity contribution is 7.47. The first kappa shape index (κ1) is 53.1. The van der Waals surface area contributed by atoms with E-state index < -0.39 is 98.2 Å². The number of esters is 1. The Labute approximate surface area is 370 Å². The van der Waals surface area contributed by atoms with Gasteiger partial charge in [0, 0.05) is 19.3 Å². The maximum atomic E-state index is 13.8. The summed E-state index contributed by atoms with van der Waals surface area (Å²) in [6, 6.07) is 6.99. The first-order valence-corrected chi connectivity index (χ1v) is 22.2. The van der Waals surface area contributed by atoms with Gasteiger partial charge in [-0.25, -0.2) is 24.4 Å². The number of rotatable bonds is 24. The van der Waals surface area contributed by atoms with Crippen LogP contribution < -0.4 is 44.3 Å². The van der Waals surface area contributed by atoms with Crippen molar-refractivity contribution in [2.24, 2.45) is 22.4 Å². The largest absolute Gasteiger partial charge is 0.493 e. The zero-order valence-corrected chi connectivity index (χ0v) is 37.5. The number of benzene rings is 1. The smallest absolute Gasteiger partial charge is 0.459 e. The van der Waals surface area contributed by atoms with Gasteiger partial charge in [-0.15, -0.1) is 0 Å². The van der Waals surface area contributed by atoms with Crippen molar-refractivity contribution in [3.8, 4) is 0 Å². The lowest BCUT2D eigenvalue weighted by atomic mass is 9.98. The number of alkyl carbamates (subject to hydrolysis) is 1. The minimum atomic E-state index is -4.94. The molecule has 1 aromatic heterocycles. The van der Waals surface area contributed by atoms with Crippen LogP contribution in [0.4, 0.5) is 10.6 Å². The number of guanidine groups is 1. The highest BCUT2D eigenvalue weighted by Crippen LogP contribution is 2.43. The number of anilines is 1. The van der Waals surface area contributed by atoms with Gasteiger partial charge < -0.3 is 62.5 Å². The number of nitrogens with one attached hydrogen (secondary N) is 4. The van der Waals surface area contributed by atoms with E-state index in [2.05, 4.69) is 30.6 Å². The summed E-state index contributed by atoms with van der Waals surface area (Å²) in [6.45, 7) is 8.25. The van der Waals surface area contributed by atoms with E-state index >= 15 is 0 Å². The fourth-order valence-electron chi connectivity index (χ4n) is 5.96. The van der Waals surface area contributed by atoms with Gasteiger partial charge in [-0.1, -0.05) is 50.6 Å². The second kappa shape index (κ2) is 25.3. The Morgan fingerprint density at radius 2 is 1.73 bits per heavy atom. The van der Waals surface area contributed by atoms with Crippen LogP contribution in [0.25, 0.3) is 0 Å². The van der Waals surface area contributed by atoms with E-state index in [9.17, 15) is 43.6 Å². The number of ether oxygens (including phenoxy) is 3. The van der Waals surface area contributed by atoms with Crippen LogP contribution in [0, 0.1) is 5.92 Å². The van der Waals surface area contributed by atoms with Crippen molar-refractivity contribution in [2.75, 3.05) is 25.4 Å². The molecule has 0 radical (unpaired) electrons. The number of nitrogens with two attached hydrogens (primary N) is 3. The summed E-state index contributed by atoms with van der Waals surface area (Å²) >= 11 is 0. The summed E-state index contributed by atoms with van der Waals surface area (Å²) in [5.41, 5.74) is 18.7. The number of unbranched alkanes of at least 4 members (excludes halogenated alkanes) is 1. The molecular weight excluding hydrogens is 863 g/mol. The molecule has 0 bridgehead atoms. The van der Waals surface area contributed by atoms with Gasteiger partial charge in [0.25, 0.3) is 0 Å². The number of carbonyl (C=O) groups is 4. The molecule has 358 valence electrons. The van der Waals surface area contributed by atoms with Crippen LogP contribution in [0.3, 0.4) is 0 Å². The van der Waals surface area contributed by atoms with Crippen LogP contribution >= 0.6 is 7.82 Å². The third-order valence-corrected chi connectivity index (χ3v) is 10.4. The van der Waals surface area contributed by atoms with Gasteiger partial charge in [-0.3, -0.25) is 23.7 Å². The summed E-state index contributed by atoms with van der Waals surface area (Å²) in [4.78, 5) is 82.1. The molecule has 25 heteroatoms. The number of phosphoric ester groups is 1. The third kappa shape index (κ3) is 18.1. The van der Waals surface area contributed by atoms with Crippen LogP contribution in [-0.4, -0.2) is 116 Å². The van der Waals surface area contributed by atoms with E-state index in [-0.39, 0.29) is 50.7 Å². The number of amides is 3. The first-order valence-electron chi connectivity index (χ1n) is 20.7. The average Bonchev–Trinajstić information content (AvgIpc) is 3.52. The number of phosphoric acid groups is 1. The maximum absolute atomic E-state index is 13.8. The number of nitrogen functional groups attached to an aromatic ring is 1. The molecular formula is C39H63N10O14P. The van der Waals surface area contributed by atoms with Gasteiger partial charge in [0.1, 0.15) is 48.4 Å². The summed E-state index contributed by atoms with van der Waals surface area (Å²) in [5.74, 6) is -2.90. The standard InChI is InChI=1S/C39H63N10O14P/c1-6-23(2)29(35(54)59-21-24-13-8-7-9-14-24)47-33(53)26(45-32(52)25(40)15-10-11-18-44-38(56)62-39(3,4)5)16-12-19-43-36(42)48-63-64(57,58)60-22-27-30(50)31(51)34(61-27)49-20-17-28(41)46-37(49)55/h7-9,13-14,17,20,23,25-27,29-31,34,50-51H,6,10-12,15-16,18-19,21-22,40H2,1-5H3,(H,44,56)(H,45,52)(H,47,53)(H,57,58)(H2,41,46,55)(H3,42,43,48)/t23?,25?,26?,27-,29?,30-,31-,34-/m1/s1. The van der Waals surface area contributed by atoms with Crippen LogP contribution in [0.5, 0.6) is 0 Å². The molecule has 13 N–H and O–H groups in total. The van der Waals surface area contributed by atoms with Crippen molar-refractivity contribution < 1.29 is 62.2 Å². The van der Waals surface area contributed by atoms with Crippen molar-refractivity contribution in [2.45, 2.75) is 128 Å². The van der Waals surface area contributed by atoms with E-state index in [1.54, 1.807) is 52.0 Å². The molecule has 2 heterocycles. The van der Waals surface area contributed by atoms with Gasteiger partial charge in [0.05, 0.1) is 12.6 Å². The van der Waals surface area contributed by atoms with Gasteiger partial charge >= 0.3 is 25.6 Å². The Morgan fingerprint density at radius 3 is 2.39 bits per heavy atom. The Bertz CT molecular complexity index is 1970. The van der Waals surface area contributed by atoms with Gasteiger partial charge in [-0.2, -0.15) is 9.61 Å². The topological polar surface area (TPSA) is 366 Å². The van der Waals surface area contributed by atoms with E-state index in [0.717, 1.165) is 10.1 Å². The van der Waals surface area contributed by atoms with E-state index in [0.29, 0.717) is 19.3 Å². The number of hydrogen-bond acceptors (Lipinski definition) is 17. The monoisotopic (exact) mass is 926 g/mol. The number of hydroxylamine groups is 1. The zero-order chi connectivity index (χ0) is 47.6. The number of carbonyl (C=O) groups excluding carboxylic acids is 4. The number of aliphatic imine (C=N–C) groups is 1. The number of aliphatic hydroxyl groups is 2. The predicted octanol–water partition coefficient (Wildman–Crippen LogP) is -0.0408. The van der Waals surface area contributed by atoms with Crippen molar-refractivity contribution >= 4 is 43.5 Å². The normalized spacial score (nSPS) is 20.5. The van der Waals surface area contributed by atoms with E-state index in [4.69, 9.17) is 35.9 Å². The predicted molar refractivity (Wildman–Crippen MR) is 230 cm³/mol. The van der Waals surface area contributed by atoms with Gasteiger partial charge in [-0.05, 0) is 70.4 Å². The molecule has 5 unspecified atom stereocenters. The molecule has 9 atom stereocenters. The minimum Gasteiger partial charge on any atom is -0.459 e. The molecule has 0 saturated carbocycles. The quantitative estimate of drug-likeness (QED) is 0.0165. The Hall–Kier alpha value is -5.20. The Kier molecular flexibility index (Phi) is 21.0. The molecule has 1 aromatic carbocycles. The molecule has 3 rings (SSSR count). The molecule has 0 aliphatic carbocycles. The van der Waals surface area contributed by atoms with Gasteiger partial charge in [0.2, 0.25) is 17.8 Å². The summed E-state index contributed by atoms with van der Waals surface area (Å²) in [6.07, 6.45) is -3.67. The number of aromatic nitrogens is 2. The summed E-state index contributed by atoms with van der Waals surface area (Å²) < 4.78 is 39.2. The third-order valence-electron chi connectivity index (χ3n) is 9.63. The highest BCUT2D eigenvalue weighted by atomic mass is 31.2. The molecule has 3 amide bonds. The molecule has 1 saturated heterocycles. The van der Waals surface area contributed by atoms with Crippen LogP contribution in [-0.2, 0) is 48.9 Å². The van der Waals surface area contributed by atoms with Gasteiger partial charge in [0.15, 0.2) is 6.23 Å². The SMILES string of the molecule is CCC(C)C(NC(=O)C(CCCN=C(N)NOP(=O)(O)OC[C@H]1O[C@@H](n2ccc(N)nc2=O)[C@H](O)[C@@H]1O)NC(=O)C(N)CCCCNC(=O)OC(C)(C)C)C(=O)OCc1ccccc1. The lowest BCUT2D eigenvalue weighted by Crippen LogP contribution is -2.55. The fourth-order valence-corrected chi connectivity index (χ4v) is 6.55. The molecule has 1 aliphatic heterocycles. The van der Waals surface area contributed by atoms with E-state index in [1.165, 1.54) is 12.3 Å². The molecule has 1 aliphatic rings. The molecule has 1 fully saturated rings.